The molecule has 27 heavy (non-hydrogen) atoms. The van der Waals surface area contributed by atoms with Crippen LogP contribution in [-0.4, -0.2) is 24.3 Å². The predicted octanol–water partition coefficient (Wildman–Crippen LogP) is 4.58. The molecule has 1 amide bonds. The topological polar surface area (TPSA) is 59.9 Å². The van der Waals surface area contributed by atoms with Gasteiger partial charge in [-0.15, -0.1) is 0 Å². The van der Waals surface area contributed by atoms with Crippen LogP contribution < -0.4 is 14.8 Å². The molecule has 2 aromatic carbocycles. The third-order valence-electron chi connectivity index (χ3n) is 3.44. The number of alkyl halides is 2. The van der Waals surface area contributed by atoms with Crippen LogP contribution in [-0.2, 0) is 4.79 Å². The fourth-order valence-electron chi connectivity index (χ4n) is 2.37. The Balaban J connectivity index is 1.91. The van der Waals surface area contributed by atoms with Crippen molar-refractivity contribution in [2.24, 2.45) is 4.99 Å². The zero-order valence-electron chi connectivity index (χ0n) is 14.3. The molecule has 0 radical (unpaired) electrons. The second-order valence-electron chi connectivity index (χ2n) is 5.30. The molecule has 3 rings (SSSR count). The van der Waals surface area contributed by atoms with Crippen molar-refractivity contribution in [2.75, 3.05) is 6.61 Å². The van der Waals surface area contributed by atoms with Crippen LogP contribution in [0.25, 0.3) is 6.08 Å². The summed E-state index contributed by atoms with van der Waals surface area (Å²) in [6.07, 6.45) is 1.48. The molecule has 1 heterocycles. The summed E-state index contributed by atoms with van der Waals surface area (Å²) in [4.78, 5) is 16.9. The summed E-state index contributed by atoms with van der Waals surface area (Å²) in [5.41, 5.74) is 1.02. The van der Waals surface area contributed by atoms with Gasteiger partial charge in [0, 0.05) is 5.56 Å². The molecule has 0 atom stereocenters. The Labute approximate surface area is 159 Å². The molecule has 1 saturated heterocycles. The van der Waals surface area contributed by atoms with Crippen molar-refractivity contribution in [3.05, 3.63) is 59.0 Å². The fraction of sp³-hybridized carbons (Fsp3) is 0.158. The fourth-order valence-corrected chi connectivity index (χ4v) is 3.21. The Morgan fingerprint density at radius 1 is 1.19 bits per heavy atom. The van der Waals surface area contributed by atoms with Crippen LogP contribution in [0, 0.1) is 0 Å². The second kappa shape index (κ2) is 8.68. The molecule has 0 saturated carbocycles. The van der Waals surface area contributed by atoms with Crippen molar-refractivity contribution < 1.29 is 23.0 Å². The zero-order valence-corrected chi connectivity index (χ0v) is 15.1. The summed E-state index contributed by atoms with van der Waals surface area (Å²) < 4.78 is 35.6. The summed E-state index contributed by atoms with van der Waals surface area (Å²) in [6.45, 7) is -0.976. The van der Waals surface area contributed by atoms with E-state index in [0.717, 1.165) is 11.8 Å². The van der Waals surface area contributed by atoms with Crippen LogP contribution in [0.1, 0.15) is 12.5 Å². The van der Waals surface area contributed by atoms with E-state index < -0.39 is 6.61 Å². The van der Waals surface area contributed by atoms with Crippen molar-refractivity contribution in [1.29, 1.82) is 0 Å². The van der Waals surface area contributed by atoms with E-state index in [1.807, 2.05) is 30.3 Å². The number of thioether (sulfide) groups is 1. The number of nitrogens with zero attached hydrogens (tertiary/aromatic N) is 1. The van der Waals surface area contributed by atoms with E-state index in [2.05, 4.69) is 15.0 Å². The summed E-state index contributed by atoms with van der Waals surface area (Å²) in [5.74, 6) is -0.281. The van der Waals surface area contributed by atoms with E-state index in [0.29, 0.717) is 27.9 Å². The maximum absolute atomic E-state index is 12.8. The highest BCUT2D eigenvalue weighted by Gasteiger charge is 2.25. The van der Waals surface area contributed by atoms with Gasteiger partial charge < -0.3 is 14.8 Å². The minimum atomic E-state index is -3.01. The van der Waals surface area contributed by atoms with Crippen molar-refractivity contribution in [3.63, 3.8) is 0 Å². The number of carbonyl (C=O) groups excluding carboxylic acids is 1. The molecule has 5 nitrogen and oxygen atoms in total. The van der Waals surface area contributed by atoms with Gasteiger partial charge in [0.15, 0.2) is 16.7 Å². The van der Waals surface area contributed by atoms with Gasteiger partial charge in [-0.05, 0) is 43.0 Å². The second-order valence-corrected chi connectivity index (χ2v) is 6.33. The van der Waals surface area contributed by atoms with Crippen LogP contribution >= 0.6 is 11.8 Å². The van der Waals surface area contributed by atoms with E-state index in [1.54, 1.807) is 19.1 Å². The van der Waals surface area contributed by atoms with Gasteiger partial charge in [0.1, 0.15) is 0 Å². The van der Waals surface area contributed by atoms with Gasteiger partial charge in [-0.1, -0.05) is 30.3 Å². The molecule has 0 spiro atoms. The molecule has 1 aliphatic rings. The molecule has 0 bridgehead atoms. The molecule has 0 aliphatic carbocycles. The highest BCUT2D eigenvalue weighted by Crippen LogP contribution is 2.36. The molecule has 0 unspecified atom stereocenters. The number of halogens is 2. The number of rotatable bonds is 6. The highest BCUT2D eigenvalue weighted by atomic mass is 32.2. The minimum absolute atomic E-state index is 0.108. The average molecular weight is 390 g/mol. The van der Waals surface area contributed by atoms with Crippen LogP contribution in [0.4, 0.5) is 14.5 Å². The van der Waals surface area contributed by atoms with Crippen molar-refractivity contribution in [2.45, 2.75) is 13.5 Å². The quantitative estimate of drug-likeness (QED) is 0.734. The molecule has 140 valence electrons. The van der Waals surface area contributed by atoms with Gasteiger partial charge in [0.05, 0.1) is 17.2 Å². The summed E-state index contributed by atoms with van der Waals surface area (Å²) >= 11 is 1.12. The third-order valence-corrected chi connectivity index (χ3v) is 4.35. The lowest BCUT2D eigenvalue weighted by molar-refractivity contribution is -0.115. The van der Waals surface area contributed by atoms with Crippen molar-refractivity contribution in [3.8, 4) is 11.5 Å². The van der Waals surface area contributed by atoms with Gasteiger partial charge >= 0.3 is 6.61 Å². The largest absolute Gasteiger partial charge is 0.490 e. The Hall–Kier alpha value is -2.87. The van der Waals surface area contributed by atoms with E-state index >= 15 is 0 Å². The monoisotopic (exact) mass is 390 g/mol. The third kappa shape index (κ3) is 4.85. The van der Waals surface area contributed by atoms with Gasteiger partial charge in [-0.25, -0.2) is 4.99 Å². The van der Waals surface area contributed by atoms with Gasteiger partial charge in [0.25, 0.3) is 5.91 Å². The standard InChI is InChI=1S/C19H16F2N2O3S/c1-2-25-14-10-6-7-12(16(14)26-18(20)21)11-15-17(24)23-19(27-15)22-13-8-4-3-5-9-13/h3-11,18H,2H2,1H3,(H,22,23,24)/b15-11-. The Bertz CT molecular complexity index is 886. The molecular formula is C19H16F2N2O3S. The first-order valence-electron chi connectivity index (χ1n) is 8.12. The van der Waals surface area contributed by atoms with E-state index in [4.69, 9.17) is 4.74 Å². The van der Waals surface area contributed by atoms with Gasteiger partial charge in [0.2, 0.25) is 0 Å². The lowest BCUT2D eigenvalue weighted by Crippen LogP contribution is -2.19. The first-order chi connectivity index (χ1) is 13.1. The number of carbonyl (C=O) groups is 1. The minimum Gasteiger partial charge on any atom is -0.490 e. The predicted molar refractivity (Wildman–Crippen MR) is 101 cm³/mol. The molecular weight excluding hydrogens is 374 g/mol. The molecule has 1 N–H and O–H groups in total. The Morgan fingerprint density at radius 3 is 2.67 bits per heavy atom. The summed E-state index contributed by atoms with van der Waals surface area (Å²) in [5, 5.41) is 3.07. The van der Waals surface area contributed by atoms with Crippen LogP contribution in [0.2, 0.25) is 0 Å². The van der Waals surface area contributed by atoms with E-state index in [1.165, 1.54) is 12.1 Å². The molecule has 0 aromatic heterocycles. The van der Waals surface area contributed by atoms with Crippen molar-refractivity contribution >= 4 is 34.6 Å². The molecule has 2 aromatic rings. The first-order valence-corrected chi connectivity index (χ1v) is 8.93. The van der Waals surface area contributed by atoms with Crippen LogP contribution in [0.15, 0.2) is 58.4 Å². The van der Waals surface area contributed by atoms with E-state index in [-0.39, 0.29) is 17.4 Å². The number of amides is 1. The molecule has 1 aliphatic heterocycles. The normalized spacial score (nSPS) is 16.8. The summed E-state index contributed by atoms with van der Waals surface area (Å²) in [6, 6.07) is 13.9. The maximum atomic E-state index is 12.8. The zero-order chi connectivity index (χ0) is 19.2. The number of ether oxygens (including phenoxy) is 2. The average Bonchev–Trinajstić information content (AvgIpc) is 2.97. The smallest absolute Gasteiger partial charge is 0.387 e. The van der Waals surface area contributed by atoms with Crippen LogP contribution in [0.5, 0.6) is 11.5 Å². The van der Waals surface area contributed by atoms with Gasteiger partial charge in [-0.3, -0.25) is 4.79 Å². The summed E-state index contributed by atoms with van der Waals surface area (Å²) in [7, 11) is 0. The van der Waals surface area contributed by atoms with Gasteiger partial charge in [-0.2, -0.15) is 8.78 Å². The SMILES string of the molecule is CCOc1cccc(/C=C2\SC(=Nc3ccccc3)NC2=O)c1OC(F)F. The number of amidine groups is 1. The Morgan fingerprint density at radius 2 is 1.96 bits per heavy atom. The van der Waals surface area contributed by atoms with Crippen molar-refractivity contribution in [1.82, 2.24) is 5.32 Å². The number of hydrogen-bond acceptors (Lipinski definition) is 5. The molecule has 8 heteroatoms. The van der Waals surface area contributed by atoms with E-state index in [9.17, 15) is 13.6 Å². The lowest BCUT2D eigenvalue weighted by Gasteiger charge is -2.13. The lowest BCUT2D eigenvalue weighted by atomic mass is 10.1. The number of benzene rings is 2. The van der Waals surface area contributed by atoms with Crippen LogP contribution in [0.3, 0.4) is 0 Å². The number of para-hydroxylation sites is 2. The highest BCUT2D eigenvalue weighted by molar-refractivity contribution is 8.18. The Kier molecular flexibility index (Phi) is 6.08. The maximum Gasteiger partial charge on any atom is 0.387 e. The number of nitrogens with one attached hydrogen (secondary N) is 1. The molecule has 1 fully saturated rings. The number of hydrogen-bond donors (Lipinski definition) is 1. The first kappa shape index (κ1) is 18.9. The number of aliphatic imine (C=N–C) groups is 1.